The summed E-state index contributed by atoms with van der Waals surface area (Å²) in [6, 6.07) is 4.59. The van der Waals surface area contributed by atoms with Gasteiger partial charge in [0.05, 0.1) is 10.7 Å². The van der Waals surface area contributed by atoms with Crippen molar-refractivity contribution in [3.63, 3.8) is 0 Å². The van der Waals surface area contributed by atoms with Gasteiger partial charge in [-0.15, -0.1) is 0 Å². The average molecular weight is 283 g/mol. The number of hydrogen-bond donors (Lipinski definition) is 2. The molecule has 4 nitrogen and oxygen atoms in total. The number of halogens is 2. The summed E-state index contributed by atoms with van der Waals surface area (Å²) >= 11 is 10.5. The molecule has 0 aliphatic rings. The van der Waals surface area contributed by atoms with E-state index in [4.69, 9.17) is 29.6 Å². The fourth-order valence-electron chi connectivity index (χ4n) is 1.34. The second-order valence-corrected chi connectivity index (χ2v) is 4.19. The summed E-state index contributed by atoms with van der Waals surface area (Å²) in [5, 5.41) is 2.78. The number of hydrogen-bond acceptors (Lipinski definition) is 4. The number of rotatable bonds is 3. The van der Waals surface area contributed by atoms with Crippen molar-refractivity contribution in [1.29, 1.82) is 0 Å². The van der Waals surface area contributed by atoms with Crippen molar-refractivity contribution in [1.82, 2.24) is 9.97 Å². The number of nitrogens with one attached hydrogen (secondary N) is 1. The summed E-state index contributed by atoms with van der Waals surface area (Å²) in [6.07, 6.45) is 2.90. The van der Waals surface area contributed by atoms with E-state index in [2.05, 4.69) is 15.3 Å². The second kappa shape index (κ2) is 5.24. The van der Waals surface area contributed by atoms with Gasteiger partial charge in [0.15, 0.2) is 11.6 Å². The van der Waals surface area contributed by atoms with Gasteiger partial charge < -0.3 is 11.1 Å². The van der Waals surface area contributed by atoms with Crippen LogP contribution in [0.1, 0.15) is 5.69 Å². The second-order valence-electron chi connectivity index (χ2n) is 3.34. The van der Waals surface area contributed by atoms with Gasteiger partial charge in [-0.2, -0.15) is 0 Å². The SMILES string of the molecule is NC(=S)c1nccnc1Nc1cccc(Cl)c1F. The van der Waals surface area contributed by atoms with Crippen molar-refractivity contribution in [2.75, 3.05) is 5.32 Å². The van der Waals surface area contributed by atoms with Crippen LogP contribution in [0.2, 0.25) is 5.02 Å². The number of aromatic nitrogens is 2. The van der Waals surface area contributed by atoms with E-state index >= 15 is 0 Å². The van der Waals surface area contributed by atoms with Crippen molar-refractivity contribution >= 4 is 40.3 Å². The molecule has 0 aliphatic carbocycles. The third kappa shape index (κ3) is 2.55. The van der Waals surface area contributed by atoms with Gasteiger partial charge >= 0.3 is 0 Å². The average Bonchev–Trinajstić information content (AvgIpc) is 2.35. The van der Waals surface area contributed by atoms with Crippen LogP contribution in [-0.2, 0) is 0 Å². The lowest BCUT2D eigenvalue weighted by Crippen LogP contribution is -2.15. The number of thiocarbonyl (C=S) groups is 1. The topological polar surface area (TPSA) is 63.8 Å². The van der Waals surface area contributed by atoms with Crippen molar-refractivity contribution in [3.05, 3.63) is 47.1 Å². The Labute approximate surface area is 113 Å². The van der Waals surface area contributed by atoms with Crippen LogP contribution >= 0.6 is 23.8 Å². The first-order chi connectivity index (χ1) is 8.59. The molecule has 0 fully saturated rings. The first-order valence-electron chi connectivity index (χ1n) is 4.91. The first kappa shape index (κ1) is 12.7. The Kier molecular flexibility index (Phi) is 3.69. The highest BCUT2D eigenvalue weighted by Crippen LogP contribution is 2.25. The van der Waals surface area contributed by atoms with E-state index < -0.39 is 5.82 Å². The van der Waals surface area contributed by atoms with E-state index in [1.54, 1.807) is 6.07 Å². The lowest BCUT2D eigenvalue weighted by atomic mass is 10.3. The molecule has 1 aromatic heterocycles. The van der Waals surface area contributed by atoms with E-state index in [1.165, 1.54) is 24.5 Å². The molecule has 0 atom stereocenters. The molecule has 18 heavy (non-hydrogen) atoms. The molecular formula is C11H8ClFN4S. The molecule has 0 saturated carbocycles. The Hall–Kier alpha value is -1.79. The minimum absolute atomic E-state index is 0.0146. The monoisotopic (exact) mass is 282 g/mol. The fraction of sp³-hybridized carbons (Fsp3) is 0. The minimum atomic E-state index is -0.571. The molecule has 0 amide bonds. The summed E-state index contributed by atoms with van der Waals surface area (Å²) in [5.74, 6) is -0.287. The summed E-state index contributed by atoms with van der Waals surface area (Å²) in [4.78, 5) is 8.07. The van der Waals surface area contributed by atoms with Gasteiger partial charge in [0.1, 0.15) is 10.7 Å². The van der Waals surface area contributed by atoms with Gasteiger partial charge in [-0.3, -0.25) is 0 Å². The van der Waals surface area contributed by atoms with Crippen molar-refractivity contribution < 1.29 is 4.39 Å². The molecule has 0 spiro atoms. The quantitative estimate of drug-likeness (QED) is 0.848. The normalized spacial score (nSPS) is 10.1. The molecule has 0 bridgehead atoms. The zero-order valence-corrected chi connectivity index (χ0v) is 10.6. The van der Waals surface area contributed by atoms with Gasteiger partial charge in [-0.1, -0.05) is 29.9 Å². The number of nitrogens with two attached hydrogens (primary N) is 1. The largest absolute Gasteiger partial charge is 0.388 e. The highest BCUT2D eigenvalue weighted by Gasteiger charge is 2.11. The summed E-state index contributed by atoms with van der Waals surface area (Å²) in [5.41, 5.74) is 5.98. The van der Waals surface area contributed by atoms with Crippen LogP contribution in [-0.4, -0.2) is 15.0 Å². The van der Waals surface area contributed by atoms with Crippen molar-refractivity contribution in [2.45, 2.75) is 0 Å². The molecule has 1 heterocycles. The molecule has 2 aromatic rings. The molecule has 2 rings (SSSR count). The zero-order chi connectivity index (χ0) is 13.1. The molecule has 92 valence electrons. The number of nitrogens with zero attached hydrogens (tertiary/aromatic N) is 2. The van der Waals surface area contributed by atoms with Gasteiger partial charge in [-0.05, 0) is 12.1 Å². The number of benzene rings is 1. The summed E-state index contributed by atoms with van der Waals surface area (Å²) in [6.45, 7) is 0. The third-order valence-corrected chi connectivity index (χ3v) is 2.62. The Morgan fingerprint density at radius 1 is 1.33 bits per heavy atom. The van der Waals surface area contributed by atoms with Crippen LogP contribution in [0.3, 0.4) is 0 Å². The maximum atomic E-state index is 13.7. The van der Waals surface area contributed by atoms with Crippen LogP contribution in [0, 0.1) is 5.82 Å². The Bertz CT molecular complexity index is 605. The first-order valence-corrected chi connectivity index (χ1v) is 5.70. The Morgan fingerprint density at radius 2 is 2.06 bits per heavy atom. The van der Waals surface area contributed by atoms with E-state index in [0.29, 0.717) is 5.69 Å². The molecule has 1 aromatic carbocycles. The summed E-state index contributed by atoms with van der Waals surface area (Å²) in [7, 11) is 0. The van der Waals surface area contributed by atoms with Crippen molar-refractivity contribution in [2.24, 2.45) is 5.73 Å². The van der Waals surface area contributed by atoms with E-state index in [-0.39, 0.29) is 21.5 Å². The van der Waals surface area contributed by atoms with E-state index in [1.807, 2.05) is 0 Å². The van der Waals surface area contributed by atoms with Crippen LogP contribution in [0.5, 0.6) is 0 Å². The van der Waals surface area contributed by atoms with Crippen molar-refractivity contribution in [3.8, 4) is 0 Å². The van der Waals surface area contributed by atoms with E-state index in [9.17, 15) is 4.39 Å². The summed E-state index contributed by atoms with van der Waals surface area (Å²) < 4.78 is 13.7. The van der Waals surface area contributed by atoms with Gasteiger partial charge in [0, 0.05) is 12.4 Å². The zero-order valence-electron chi connectivity index (χ0n) is 9.02. The molecule has 0 radical (unpaired) electrons. The highest BCUT2D eigenvalue weighted by molar-refractivity contribution is 7.80. The maximum absolute atomic E-state index is 13.7. The molecule has 0 unspecified atom stereocenters. The molecule has 0 saturated heterocycles. The minimum Gasteiger partial charge on any atom is -0.388 e. The lowest BCUT2D eigenvalue weighted by Gasteiger charge is -2.10. The fourth-order valence-corrected chi connectivity index (χ4v) is 1.66. The van der Waals surface area contributed by atoms with Gasteiger partial charge in [0.25, 0.3) is 0 Å². The van der Waals surface area contributed by atoms with E-state index in [0.717, 1.165) is 0 Å². The van der Waals surface area contributed by atoms with Crippen LogP contribution in [0.15, 0.2) is 30.6 Å². The van der Waals surface area contributed by atoms with Crippen LogP contribution in [0.25, 0.3) is 0 Å². The standard InChI is InChI=1S/C11H8ClFN4S/c12-6-2-1-3-7(8(6)13)17-11-9(10(14)18)15-4-5-16-11/h1-5H,(H2,14,18)(H,16,17). The molecule has 7 heteroatoms. The smallest absolute Gasteiger partial charge is 0.165 e. The maximum Gasteiger partial charge on any atom is 0.165 e. The number of anilines is 2. The van der Waals surface area contributed by atoms with Crippen LogP contribution < -0.4 is 11.1 Å². The predicted octanol–water partition coefficient (Wildman–Crippen LogP) is 2.65. The molecular weight excluding hydrogens is 275 g/mol. The lowest BCUT2D eigenvalue weighted by molar-refractivity contribution is 0.632. The third-order valence-electron chi connectivity index (χ3n) is 2.14. The molecule has 3 N–H and O–H groups in total. The highest BCUT2D eigenvalue weighted by atomic mass is 35.5. The van der Waals surface area contributed by atoms with Crippen LogP contribution in [0.4, 0.5) is 15.9 Å². The van der Waals surface area contributed by atoms with Gasteiger partial charge in [-0.25, -0.2) is 14.4 Å². The predicted molar refractivity (Wildman–Crippen MR) is 72.6 cm³/mol. The molecule has 0 aliphatic heterocycles. The van der Waals surface area contributed by atoms with Gasteiger partial charge in [0.2, 0.25) is 0 Å². The Balaban J connectivity index is 2.40. The Morgan fingerprint density at radius 3 is 2.78 bits per heavy atom.